The molecule has 0 N–H and O–H groups in total. The molecule has 1 heterocycles. The van der Waals surface area contributed by atoms with Crippen molar-refractivity contribution in [3.8, 4) is 0 Å². The summed E-state index contributed by atoms with van der Waals surface area (Å²) in [6.07, 6.45) is 2.56. The molecule has 6 nitrogen and oxygen atoms in total. The molecule has 0 aromatic heterocycles. The van der Waals surface area contributed by atoms with Crippen molar-refractivity contribution in [1.82, 2.24) is 9.80 Å². The van der Waals surface area contributed by atoms with E-state index in [0.717, 1.165) is 30.4 Å². The van der Waals surface area contributed by atoms with E-state index < -0.39 is 24.1 Å². The second kappa shape index (κ2) is 13.3. The molecule has 6 unspecified atom stereocenters. The van der Waals surface area contributed by atoms with E-state index in [2.05, 4.69) is 20.8 Å². The van der Waals surface area contributed by atoms with Crippen LogP contribution in [0.15, 0.2) is 84.9 Å². The fraction of sp³-hybridized carbons (Fsp3) is 0.417. The first-order valence-corrected chi connectivity index (χ1v) is 15.7. The molecule has 43 heavy (non-hydrogen) atoms. The van der Waals surface area contributed by atoms with E-state index in [1.54, 1.807) is 29.2 Å². The molecule has 0 radical (unpaired) electrons. The van der Waals surface area contributed by atoms with Gasteiger partial charge in [-0.1, -0.05) is 112 Å². The van der Waals surface area contributed by atoms with Crippen molar-refractivity contribution in [3.05, 3.63) is 107 Å². The molecular formula is C36H41ClN2O4. The highest BCUT2D eigenvalue weighted by Crippen LogP contribution is 2.39. The summed E-state index contributed by atoms with van der Waals surface area (Å²) in [4.78, 5) is 46.4. The lowest BCUT2D eigenvalue weighted by Crippen LogP contribution is -2.51. The van der Waals surface area contributed by atoms with Crippen LogP contribution in [0.4, 0.5) is 4.79 Å². The lowest BCUT2D eigenvalue weighted by Gasteiger charge is -2.38. The van der Waals surface area contributed by atoms with E-state index in [1.165, 1.54) is 4.90 Å². The number of ketones is 1. The van der Waals surface area contributed by atoms with Gasteiger partial charge in [-0.25, -0.2) is 9.59 Å². The summed E-state index contributed by atoms with van der Waals surface area (Å²) in [7, 11) is 0. The first-order valence-electron chi connectivity index (χ1n) is 15.3. The zero-order valence-corrected chi connectivity index (χ0v) is 26.1. The van der Waals surface area contributed by atoms with Crippen LogP contribution in [0, 0.1) is 17.8 Å². The number of ether oxygens (including phenoxy) is 1. The van der Waals surface area contributed by atoms with Crippen molar-refractivity contribution >= 4 is 29.4 Å². The smallest absolute Gasteiger partial charge is 0.331 e. The second-order valence-electron chi connectivity index (χ2n) is 12.4. The number of benzene rings is 3. The number of nitrogens with zero attached hydrogens (tertiary/aromatic N) is 2. The topological polar surface area (TPSA) is 66.9 Å². The number of esters is 1. The van der Waals surface area contributed by atoms with Gasteiger partial charge in [0, 0.05) is 12.1 Å². The molecule has 0 spiro atoms. The second-order valence-corrected chi connectivity index (χ2v) is 12.8. The van der Waals surface area contributed by atoms with Gasteiger partial charge in [0.05, 0.1) is 11.1 Å². The van der Waals surface area contributed by atoms with Gasteiger partial charge in [-0.15, -0.1) is 0 Å². The molecule has 2 aliphatic rings. The standard InChI is InChI=1S/C36H41ClN2O4/c1-23(2)28-20-19-24(3)21-31(28)43-35(41)33-32(34(40)29-17-11-12-18-30(29)37)38(22-26-13-7-5-8-14-26)36(42)39(33)25(4)27-15-9-6-10-16-27/h5-18,23-25,28,31-33H,19-22H2,1-4H3. The summed E-state index contributed by atoms with van der Waals surface area (Å²) < 4.78 is 6.38. The fourth-order valence-corrected chi connectivity index (χ4v) is 7.00. The first kappa shape index (κ1) is 30.8. The fourth-order valence-electron chi connectivity index (χ4n) is 6.77. The third kappa shape index (κ3) is 6.50. The molecule has 3 aromatic carbocycles. The van der Waals surface area contributed by atoms with Gasteiger partial charge in [0.25, 0.3) is 0 Å². The Hall–Kier alpha value is -3.64. The molecular weight excluding hydrogens is 560 g/mol. The van der Waals surface area contributed by atoms with Crippen LogP contribution in [-0.2, 0) is 16.1 Å². The van der Waals surface area contributed by atoms with Crippen LogP contribution in [0.3, 0.4) is 0 Å². The highest BCUT2D eigenvalue weighted by Gasteiger charge is 2.56. The SMILES string of the molecule is CC1CCC(C(C)C)C(OC(=O)C2C(C(=O)c3ccccc3Cl)N(Cc3ccccc3)C(=O)N2C(C)c2ccccc2)C1. The van der Waals surface area contributed by atoms with E-state index in [1.807, 2.05) is 67.6 Å². The Morgan fingerprint density at radius 3 is 2.16 bits per heavy atom. The first-order chi connectivity index (χ1) is 20.7. The Morgan fingerprint density at radius 2 is 1.51 bits per heavy atom. The minimum Gasteiger partial charge on any atom is -0.460 e. The summed E-state index contributed by atoms with van der Waals surface area (Å²) in [5.74, 6) is 0.0618. The van der Waals surface area contributed by atoms with Crippen LogP contribution in [0.5, 0.6) is 0 Å². The van der Waals surface area contributed by atoms with E-state index in [0.29, 0.717) is 11.8 Å². The molecule has 5 rings (SSSR count). The minimum absolute atomic E-state index is 0.164. The van der Waals surface area contributed by atoms with Crippen molar-refractivity contribution in [2.24, 2.45) is 17.8 Å². The number of carbonyl (C=O) groups is 3. The number of amides is 2. The molecule has 1 aliphatic carbocycles. The maximum atomic E-state index is 14.5. The average Bonchev–Trinajstić information content (AvgIpc) is 3.29. The Labute approximate surface area is 260 Å². The molecule has 1 aliphatic heterocycles. The maximum Gasteiger partial charge on any atom is 0.331 e. The van der Waals surface area contributed by atoms with Crippen molar-refractivity contribution < 1.29 is 19.1 Å². The van der Waals surface area contributed by atoms with Gasteiger partial charge in [-0.3, -0.25) is 4.79 Å². The van der Waals surface area contributed by atoms with Crippen LogP contribution in [0.2, 0.25) is 5.02 Å². The number of hydrogen-bond donors (Lipinski definition) is 0. The van der Waals surface area contributed by atoms with Crippen LogP contribution in [-0.4, -0.2) is 45.8 Å². The summed E-state index contributed by atoms with van der Waals surface area (Å²) in [6, 6.07) is 22.8. The predicted molar refractivity (Wildman–Crippen MR) is 169 cm³/mol. The number of hydrogen-bond acceptors (Lipinski definition) is 4. The summed E-state index contributed by atoms with van der Waals surface area (Å²) in [5.41, 5.74) is 2.00. The zero-order valence-electron chi connectivity index (χ0n) is 25.4. The molecule has 1 saturated heterocycles. The van der Waals surface area contributed by atoms with Gasteiger partial charge < -0.3 is 14.5 Å². The Balaban J connectivity index is 1.60. The number of halogens is 1. The molecule has 3 aromatic rings. The Bertz CT molecular complexity index is 1430. The van der Waals surface area contributed by atoms with Crippen LogP contribution in [0.25, 0.3) is 0 Å². The molecule has 1 saturated carbocycles. The molecule has 226 valence electrons. The van der Waals surface area contributed by atoms with Crippen LogP contribution in [0.1, 0.15) is 74.5 Å². The highest BCUT2D eigenvalue weighted by atomic mass is 35.5. The molecule has 0 bridgehead atoms. The van der Waals surface area contributed by atoms with Crippen molar-refractivity contribution in [3.63, 3.8) is 0 Å². The van der Waals surface area contributed by atoms with Gasteiger partial charge in [-0.2, -0.15) is 0 Å². The molecule has 7 heteroatoms. The van der Waals surface area contributed by atoms with Gasteiger partial charge in [-0.05, 0) is 60.8 Å². The third-order valence-corrected chi connectivity index (χ3v) is 9.50. The van der Waals surface area contributed by atoms with Crippen LogP contribution < -0.4 is 0 Å². The van der Waals surface area contributed by atoms with Crippen molar-refractivity contribution in [1.29, 1.82) is 0 Å². The summed E-state index contributed by atoms with van der Waals surface area (Å²) in [6.45, 7) is 8.57. The lowest BCUT2D eigenvalue weighted by molar-refractivity contribution is -0.161. The van der Waals surface area contributed by atoms with Gasteiger partial charge in [0.2, 0.25) is 0 Å². The number of rotatable bonds is 9. The normalized spacial score (nSPS) is 24.7. The largest absolute Gasteiger partial charge is 0.460 e. The quantitative estimate of drug-likeness (QED) is 0.185. The number of Topliss-reactive ketones (excluding diaryl/α,β-unsaturated/α-hetero) is 1. The Kier molecular flexibility index (Phi) is 9.55. The van der Waals surface area contributed by atoms with Gasteiger partial charge in [0.15, 0.2) is 11.8 Å². The highest BCUT2D eigenvalue weighted by molar-refractivity contribution is 6.34. The number of urea groups is 1. The van der Waals surface area contributed by atoms with E-state index >= 15 is 0 Å². The van der Waals surface area contributed by atoms with E-state index in [-0.39, 0.29) is 41.0 Å². The van der Waals surface area contributed by atoms with E-state index in [9.17, 15) is 14.4 Å². The lowest BCUT2D eigenvalue weighted by atomic mass is 9.75. The Morgan fingerprint density at radius 1 is 0.884 bits per heavy atom. The van der Waals surface area contributed by atoms with Crippen LogP contribution >= 0.6 is 11.6 Å². The summed E-state index contributed by atoms with van der Waals surface area (Å²) in [5, 5.41) is 0.280. The predicted octanol–water partition coefficient (Wildman–Crippen LogP) is 7.96. The minimum atomic E-state index is -1.15. The molecule has 2 amide bonds. The third-order valence-electron chi connectivity index (χ3n) is 9.17. The van der Waals surface area contributed by atoms with Gasteiger partial charge >= 0.3 is 12.0 Å². The molecule has 6 atom stereocenters. The zero-order chi connectivity index (χ0) is 30.7. The van der Waals surface area contributed by atoms with Crippen molar-refractivity contribution in [2.75, 3.05) is 0 Å². The molecule has 2 fully saturated rings. The monoisotopic (exact) mass is 600 g/mol. The van der Waals surface area contributed by atoms with E-state index in [4.69, 9.17) is 16.3 Å². The van der Waals surface area contributed by atoms with Crippen molar-refractivity contribution in [2.45, 2.75) is 77.7 Å². The van der Waals surface area contributed by atoms with Gasteiger partial charge in [0.1, 0.15) is 12.1 Å². The number of carbonyl (C=O) groups excluding carboxylic acids is 3. The average molecular weight is 601 g/mol. The maximum absolute atomic E-state index is 14.5. The summed E-state index contributed by atoms with van der Waals surface area (Å²) >= 11 is 6.54.